The number of aryl methyl sites for hydroxylation is 1. The summed E-state index contributed by atoms with van der Waals surface area (Å²) in [7, 11) is 1.67. The topological polar surface area (TPSA) is 47.6 Å². The van der Waals surface area contributed by atoms with Gasteiger partial charge in [0, 0.05) is 38.0 Å². The third-order valence-electron chi connectivity index (χ3n) is 4.79. The van der Waals surface area contributed by atoms with Gasteiger partial charge in [0.25, 0.3) is 0 Å². The molecule has 0 bridgehead atoms. The maximum atomic E-state index is 13.6. The average molecular weight is 307 g/mol. The SMILES string of the molecule is COC[C@H]1[C@@H](NC(=O)CCc2ccccc2F)[C@@H]2CCO[C@@H]21. The minimum absolute atomic E-state index is 0.0280. The van der Waals surface area contributed by atoms with Crippen LogP contribution in [0.2, 0.25) is 0 Å². The molecule has 5 heteroatoms. The van der Waals surface area contributed by atoms with Crippen molar-refractivity contribution in [3.63, 3.8) is 0 Å². The Bertz CT molecular complexity index is 536. The Morgan fingerprint density at radius 2 is 2.27 bits per heavy atom. The van der Waals surface area contributed by atoms with Crippen LogP contribution < -0.4 is 5.32 Å². The number of nitrogens with one attached hydrogen (secondary N) is 1. The first-order chi connectivity index (χ1) is 10.7. The number of hydrogen-bond donors (Lipinski definition) is 1. The summed E-state index contributed by atoms with van der Waals surface area (Å²) >= 11 is 0. The van der Waals surface area contributed by atoms with Crippen molar-refractivity contribution in [1.82, 2.24) is 5.32 Å². The van der Waals surface area contributed by atoms with Crippen LogP contribution in [0.3, 0.4) is 0 Å². The lowest BCUT2D eigenvalue weighted by Gasteiger charge is -2.47. The van der Waals surface area contributed by atoms with Gasteiger partial charge >= 0.3 is 0 Å². The maximum absolute atomic E-state index is 13.6. The van der Waals surface area contributed by atoms with E-state index in [1.165, 1.54) is 6.07 Å². The molecular weight excluding hydrogens is 285 g/mol. The first-order valence-electron chi connectivity index (χ1n) is 7.84. The number of fused-ring (bicyclic) bond motifs is 1. The minimum Gasteiger partial charge on any atom is -0.384 e. The Hall–Kier alpha value is -1.46. The Morgan fingerprint density at radius 1 is 1.45 bits per heavy atom. The zero-order valence-corrected chi connectivity index (χ0v) is 12.8. The van der Waals surface area contributed by atoms with E-state index in [2.05, 4.69) is 5.32 Å². The average Bonchev–Trinajstić information content (AvgIpc) is 2.94. The van der Waals surface area contributed by atoms with E-state index in [-0.39, 0.29) is 29.8 Å². The van der Waals surface area contributed by atoms with Crippen LogP contribution in [-0.4, -0.2) is 38.4 Å². The van der Waals surface area contributed by atoms with E-state index >= 15 is 0 Å². The second kappa shape index (κ2) is 6.75. The number of carbonyl (C=O) groups excluding carboxylic acids is 1. The maximum Gasteiger partial charge on any atom is 0.220 e. The molecule has 4 atom stereocenters. The summed E-state index contributed by atoms with van der Waals surface area (Å²) in [5.41, 5.74) is 0.585. The van der Waals surface area contributed by atoms with Crippen molar-refractivity contribution >= 4 is 5.91 Å². The number of benzene rings is 1. The first-order valence-corrected chi connectivity index (χ1v) is 7.84. The van der Waals surface area contributed by atoms with Crippen molar-refractivity contribution < 1.29 is 18.7 Å². The molecule has 2 fully saturated rings. The highest BCUT2D eigenvalue weighted by Crippen LogP contribution is 2.43. The highest BCUT2D eigenvalue weighted by molar-refractivity contribution is 5.76. The summed E-state index contributed by atoms with van der Waals surface area (Å²) in [5.74, 6) is 0.354. The number of hydrogen-bond acceptors (Lipinski definition) is 3. The molecular formula is C17H22FNO3. The molecule has 0 spiro atoms. The van der Waals surface area contributed by atoms with E-state index in [9.17, 15) is 9.18 Å². The van der Waals surface area contributed by atoms with Crippen molar-refractivity contribution in [2.45, 2.75) is 31.4 Å². The molecule has 0 aromatic heterocycles. The van der Waals surface area contributed by atoms with Crippen LogP contribution in [0.25, 0.3) is 0 Å². The van der Waals surface area contributed by atoms with Gasteiger partial charge in [-0.05, 0) is 24.5 Å². The summed E-state index contributed by atoms with van der Waals surface area (Å²) in [6, 6.07) is 6.72. The molecule has 4 nitrogen and oxygen atoms in total. The molecule has 1 amide bonds. The summed E-state index contributed by atoms with van der Waals surface area (Å²) < 4.78 is 24.5. The number of ether oxygens (including phenoxy) is 2. The molecule has 1 aromatic carbocycles. The quantitative estimate of drug-likeness (QED) is 0.873. The largest absolute Gasteiger partial charge is 0.384 e. The summed E-state index contributed by atoms with van der Waals surface area (Å²) in [5, 5.41) is 3.09. The van der Waals surface area contributed by atoms with Crippen LogP contribution in [0.15, 0.2) is 24.3 Å². The summed E-state index contributed by atoms with van der Waals surface area (Å²) in [4.78, 5) is 12.2. The number of carbonyl (C=O) groups is 1. The van der Waals surface area contributed by atoms with Gasteiger partial charge < -0.3 is 14.8 Å². The lowest BCUT2D eigenvalue weighted by molar-refractivity contribution is -0.129. The minimum atomic E-state index is -0.250. The van der Waals surface area contributed by atoms with Gasteiger partial charge in [0.15, 0.2) is 0 Å². The lowest BCUT2D eigenvalue weighted by atomic mass is 9.67. The predicted molar refractivity (Wildman–Crippen MR) is 79.9 cm³/mol. The number of methoxy groups -OCH3 is 1. The highest BCUT2D eigenvalue weighted by atomic mass is 19.1. The second-order valence-corrected chi connectivity index (χ2v) is 6.09. The molecule has 1 N–H and O–H groups in total. The van der Waals surface area contributed by atoms with Gasteiger partial charge in [-0.25, -0.2) is 4.39 Å². The predicted octanol–water partition coefficient (Wildman–Crippen LogP) is 1.92. The van der Waals surface area contributed by atoms with Gasteiger partial charge in [0.2, 0.25) is 5.91 Å². The fourth-order valence-corrected chi connectivity index (χ4v) is 3.64. The molecule has 1 saturated heterocycles. The fraction of sp³-hybridized carbons (Fsp3) is 0.588. The van der Waals surface area contributed by atoms with Gasteiger partial charge in [-0.2, -0.15) is 0 Å². The molecule has 1 aliphatic heterocycles. The zero-order chi connectivity index (χ0) is 15.5. The number of amides is 1. The van der Waals surface area contributed by atoms with Crippen molar-refractivity contribution in [3.8, 4) is 0 Å². The van der Waals surface area contributed by atoms with E-state index in [1.54, 1.807) is 25.3 Å². The smallest absolute Gasteiger partial charge is 0.220 e. The van der Waals surface area contributed by atoms with Crippen molar-refractivity contribution in [2.24, 2.45) is 11.8 Å². The van der Waals surface area contributed by atoms with E-state index < -0.39 is 0 Å². The Labute approximate surface area is 130 Å². The fourth-order valence-electron chi connectivity index (χ4n) is 3.64. The lowest BCUT2D eigenvalue weighted by Crippen LogP contribution is -2.62. The standard InChI is InChI=1S/C17H22FNO3/c1-21-10-13-16(12-8-9-22-17(12)13)19-15(20)7-6-11-4-2-3-5-14(11)18/h2-5,12-13,16-17H,6-10H2,1H3,(H,19,20)/t12-,13-,16-,17-/m0/s1. The summed E-state index contributed by atoms with van der Waals surface area (Å²) in [6.45, 7) is 1.36. The molecule has 22 heavy (non-hydrogen) atoms. The summed E-state index contributed by atoms with van der Waals surface area (Å²) in [6.07, 6.45) is 1.93. The molecule has 1 aliphatic carbocycles. The molecule has 0 unspecified atom stereocenters. The van der Waals surface area contributed by atoms with Gasteiger partial charge in [-0.15, -0.1) is 0 Å². The van der Waals surface area contributed by atoms with Crippen molar-refractivity contribution in [1.29, 1.82) is 0 Å². The van der Waals surface area contributed by atoms with E-state index in [1.807, 2.05) is 0 Å². The van der Waals surface area contributed by atoms with Crippen LogP contribution in [-0.2, 0) is 20.7 Å². The Kier molecular flexibility index (Phi) is 4.74. The second-order valence-electron chi connectivity index (χ2n) is 6.09. The molecule has 1 aromatic rings. The molecule has 120 valence electrons. The monoisotopic (exact) mass is 307 g/mol. The van der Waals surface area contributed by atoms with Crippen molar-refractivity contribution in [2.75, 3.05) is 20.3 Å². The van der Waals surface area contributed by atoms with E-state index in [0.717, 1.165) is 13.0 Å². The van der Waals surface area contributed by atoms with Crippen LogP contribution in [0, 0.1) is 17.7 Å². The van der Waals surface area contributed by atoms with Crippen molar-refractivity contribution in [3.05, 3.63) is 35.6 Å². The van der Waals surface area contributed by atoms with E-state index in [4.69, 9.17) is 9.47 Å². The van der Waals surface area contributed by atoms with Crippen LogP contribution >= 0.6 is 0 Å². The Balaban J connectivity index is 1.52. The van der Waals surface area contributed by atoms with Crippen LogP contribution in [0.1, 0.15) is 18.4 Å². The first kappa shape index (κ1) is 15.4. The van der Waals surface area contributed by atoms with Gasteiger partial charge in [-0.3, -0.25) is 4.79 Å². The molecule has 1 saturated carbocycles. The van der Waals surface area contributed by atoms with Gasteiger partial charge in [-0.1, -0.05) is 18.2 Å². The zero-order valence-electron chi connectivity index (χ0n) is 12.8. The highest BCUT2D eigenvalue weighted by Gasteiger charge is 2.54. The number of halogens is 1. The third kappa shape index (κ3) is 3.01. The third-order valence-corrected chi connectivity index (χ3v) is 4.79. The molecule has 3 rings (SSSR count). The number of rotatable bonds is 6. The normalized spacial score (nSPS) is 29.7. The molecule has 0 radical (unpaired) electrons. The Morgan fingerprint density at radius 3 is 3.05 bits per heavy atom. The van der Waals surface area contributed by atoms with Gasteiger partial charge in [0.05, 0.1) is 12.7 Å². The van der Waals surface area contributed by atoms with Crippen LogP contribution in [0.5, 0.6) is 0 Å². The molecule has 2 aliphatic rings. The van der Waals surface area contributed by atoms with Gasteiger partial charge in [0.1, 0.15) is 5.82 Å². The molecule has 1 heterocycles. The van der Waals surface area contributed by atoms with E-state index in [0.29, 0.717) is 30.9 Å². The van der Waals surface area contributed by atoms with Crippen LogP contribution in [0.4, 0.5) is 4.39 Å².